The quantitative estimate of drug-likeness (QED) is 0.900. The summed E-state index contributed by atoms with van der Waals surface area (Å²) in [6.45, 7) is 4.21. The Balaban J connectivity index is 1.70. The third-order valence-electron chi connectivity index (χ3n) is 3.65. The largest absolute Gasteiger partial charge is 0.301 e. The van der Waals surface area contributed by atoms with Crippen LogP contribution in [0.1, 0.15) is 11.1 Å². The van der Waals surface area contributed by atoms with Gasteiger partial charge in [-0.25, -0.2) is 4.98 Å². The molecular formula is C16H18N2OS3. The second kappa shape index (κ2) is 7.06. The number of nitrogens with zero attached hydrogens (tertiary/aromatic N) is 1. The molecule has 2 aromatic rings. The minimum absolute atomic E-state index is 0.0488. The molecule has 1 aromatic carbocycles. The predicted molar refractivity (Wildman–Crippen MR) is 99.2 cm³/mol. The van der Waals surface area contributed by atoms with Crippen LogP contribution in [0.4, 0.5) is 5.13 Å². The molecule has 3 nitrogen and oxygen atoms in total. The zero-order valence-electron chi connectivity index (χ0n) is 12.6. The summed E-state index contributed by atoms with van der Waals surface area (Å²) in [5.74, 6) is 3.17. The lowest BCUT2D eigenvalue weighted by Crippen LogP contribution is -2.30. The number of thioether (sulfide) groups is 2. The highest BCUT2D eigenvalue weighted by Gasteiger charge is 2.23. The van der Waals surface area contributed by atoms with E-state index in [9.17, 15) is 4.79 Å². The van der Waals surface area contributed by atoms with Gasteiger partial charge in [0, 0.05) is 28.2 Å². The number of nitrogens with one attached hydrogen (secondary N) is 1. The minimum Gasteiger partial charge on any atom is -0.301 e. The van der Waals surface area contributed by atoms with Gasteiger partial charge in [0.05, 0.1) is 10.9 Å². The highest BCUT2D eigenvalue weighted by molar-refractivity contribution is 8.07. The highest BCUT2D eigenvalue weighted by Crippen LogP contribution is 2.28. The SMILES string of the molecule is Cc1ccc(-c2csc(NC(=O)C3CSCCS3)n2)cc1C. The number of benzene rings is 1. The fraction of sp³-hybridized carbons (Fsp3) is 0.375. The third-order valence-corrected chi connectivity index (χ3v) is 7.16. The Morgan fingerprint density at radius 3 is 2.86 bits per heavy atom. The summed E-state index contributed by atoms with van der Waals surface area (Å²) in [7, 11) is 0. The number of hydrogen-bond acceptors (Lipinski definition) is 5. The Kier molecular flexibility index (Phi) is 5.10. The van der Waals surface area contributed by atoms with E-state index in [2.05, 4.69) is 42.3 Å². The van der Waals surface area contributed by atoms with Crippen LogP contribution in [-0.4, -0.2) is 33.4 Å². The van der Waals surface area contributed by atoms with E-state index in [0.29, 0.717) is 5.13 Å². The van der Waals surface area contributed by atoms with Crippen molar-refractivity contribution in [2.24, 2.45) is 0 Å². The number of aryl methyl sites for hydroxylation is 2. The molecule has 22 heavy (non-hydrogen) atoms. The van der Waals surface area contributed by atoms with Crippen LogP contribution in [0.5, 0.6) is 0 Å². The van der Waals surface area contributed by atoms with E-state index in [-0.39, 0.29) is 11.2 Å². The van der Waals surface area contributed by atoms with Gasteiger partial charge in [-0.2, -0.15) is 11.8 Å². The molecule has 1 fully saturated rings. The summed E-state index contributed by atoms with van der Waals surface area (Å²) < 4.78 is 0. The molecular weight excluding hydrogens is 332 g/mol. The van der Waals surface area contributed by atoms with Crippen molar-refractivity contribution in [1.29, 1.82) is 0 Å². The molecule has 0 radical (unpaired) electrons. The molecule has 2 heterocycles. The molecule has 1 N–H and O–H groups in total. The maximum atomic E-state index is 12.2. The molecule has 0 saturated carbocycles. The molecule has 1 unspecified atom stereocenters. The van der Waals surface area contributed by atoms with Gasteiger partial charge < -0.3 is 5.32 Å². The van der Waals surface area contributed by atoms with Crippen molar-refractivity contribution in [1.82, 2.24) is 4.98 Å². The fourth-order valence-corrected chi connectivity index (χ4v) is 5.47. The van der Waals surface area contributed by atoms with Crippen LogP contribution in [0, 0.1) is 13.8 Å². The van der Waals surface area contributed by atoms with Crippen molar-refractivity contribution in [3.63, 3.8) is 0 Å². The Morgan fingerprint density at radius 2 is 2.14 bits per heavy atom. The van der Waals surface area contributed by atoms with Crippen LogP contribution in [0.2, 0.25) is 0 Å². The van der Waals surface area contributed by atoms with E-state index >= 15 is 0 Å². The van der Waals surface area contributed by atoms with E-state index in [1.807, 2.05) is 17.1 Å². The molecule has 6 heteroatoms. The molecule has 0 aliphatic carbocycles. The van der Waals surface area contributed by atoms with Crippen molar-refractivity contribution in [3.05, 3.63) is 34.7 Å². The number of carbonyl (C=O) groups excluding carboxylic acids is 1. The number of rotatable bonds is 3. The number of amides is 1. The number of aromatic nitrogens is 1. The normalized spacial score (nSPS) is 18.2. The van der Waals surface area contributed by atoms with Gasteiger partial charge in [0.15, 0.2) is 5.13 Å². The van der Waals surface area contributed by atoms with Gasteiger partial charge in [-0.15, -0.1) is 23.1 Å². The molecule has 1 atom stereocenters. The topological polar surface area (TPSA) is 42.0 Å². The lowest BCUT2D eigenvalue weighted by molar-refractivity contribution is -0.115. The zero-order chi connectivity index (χ0) is 15.5. The molecule has 116 valence electrons. The molecule has 1 saturated heterocycles. The summed E-state index contributed by atoms with van der Waals surface area (Å²) >= 11 is 5.08. The van der Waals surface area contributed by atoms with Gasteiger partial charge in [0.1, 0.15) is 0 Å². The van der Waals surface area contributed by atoms with Gasteiger partial charge in [-0.1, -0.05) is 12.1 Å². The Hall–Kier alpha value is -0.980. The highest BCUT2D eigenvalue weighted by atomic mass is 32.2. The van der Waals surface area contributed by atoms with Crippen molar-refractivity contribution >= 4 is 45.9 Å². The zero-order valence-corrected chi connectivity index (χ0v) is 15.0. The molecule has 3 rings (SSSR count). The Labute approximate surface area is 143 Å². The Morgan fingerprint density at radius 1 is 1.27 bits per heavy atom. The van der Waals surface area contributed by atoms with Crippen molar-refractivity contribution in [2.75, 3.05) is 22.6 Å². The summed E-state index contributed by atoms with van der Waals surface area (Å²) in [6, 6.07) is 6.33. The number of thiazole rings is 1. The van der Waals surface area contributed by atoms with Crippen molar-refractivity contribution in [3.8, 4) is 11.3 Å². The second-order valence-corrected chi connectivity index (χ2v) is 8.58. The lowest BCUT2D eigenvalue weighted by Gasteiger charge is -2.19. The minimum atomic E-state index is 0.0488. The van der Waals surface area contributed by atoms with Crippen LogP contribution in [-0.2, 0) is 4.79 Å². The van der Waals surface area contributed by atoms with Gasteiger partial charge in [0.25, 0.3) is 0 Å². The standard InChI is InChI=1S/C16H18N2OS3/c1-10-3-4-12(7-11(10)2)13-8-22-16(17-13)18-15(19)14-9-20-5-6-21-14/h3-4,7-8,14H,5-6,9H2,1-2H3,(H,17,18,19). The first kappa shape index (κ1) is 15.9. The van der Waals surface area contributed by atoms with E-state index < -0.39 is 0 Å². The molecule has 0 bridgehead atoms. The van der Waals surface area contributed by atoms with Gasteiger partial charge >= 0.3 is 0 Å². The third kappa shape index (κ3) is 3.67. The van der Waals surface area contributed by atoms with Crippen molar-refractivity contribution < 1.29 is 4.79 Å². The smallest absolute Gasteiger partial charge is 0.240 e. The van der Waals surface area contributed by atoms with Crippen LogP contribution < -0.4 is 5.32 Å². The average Bonchev–Trinajstić information content (AvgIpc) is 2.99. The lowest BCUT2D eigenvalue weighted by atomic mass is 10.1. The average molecular weight is 351 g/mol. The maximum absolute atomic E-state index is 12.2. The maximum Gasteiger partial charge on any atom is 0.240 e. The molecule has 1 amide bonds. The van der Waals surface area contributed by atoms with Crippen LogP contribution in [0.3, 0.4) is 0 Å². The number of anilines is 1. The monoisotopic (exact) mass is 350 g/mol. The Bertz CT molecular complexity index is 678. The van der Waals surface area contributed by atoms with Crippen LogP contribution in [0.15, 0.2) is 23.6 Å². The first-order chi connectivity index (χ1) is 10.6. The van der Waals surface area contributed by atoms with E-state index in [0.717, 1.165) is 28.5 Å². The van der Waals surface area contributed by atoms with Crippen LogP contribution >= 0.6 is 34.9 Å². The van der Waals surface area contributed by atoms with Gasteiger partial charge in [0.2, 0.25) is 5.91 Å². The van der Waals surface area contributed by atoms with Crippen LogP contribution in [0.25, 0.3) is 11.3 Å². The second-order valence-electron chi connectivity index (χ2n) is 5.26. The molecule has 0 spiro atoms. The summed E-state index contributed by atoms with van der Waals surface area (Å²) in [5, 5.41) is 5.70. The molecule has 1 aliphatic heterocycles. The van der Waals surface area contributed by atoms with Gasteiger partial charge in [-0.3, -0.25) is 4.79 Å². The molecule has 1 aliphatic rings. The van der Waals surface area contributed by atoms with Gasteiger partial charge in [-0.05, 0) is 31.0 Å². The number of hydrogen-bond donors (Lipinski definition) is 1. The van der Waals surface area contributed by atoms with E-state index in [4.69, 9.17) is 0 Å². The summed E-state index contributed by atoms with van der Waals surface area (Å²) in [5.41, 5.74) is 4.56. The van der Waals surface area contributed by atoms with Crippen molar-refractivity contribution in [2.45, 2.75) is 19.1 Å². The van der Waals surface area contributed by atoms with E-state index in [1.165, 1.54) is 22.5 Å². The number of carbonyl (C=O) groups is 1. The first-order valence-electron chi connectivity index (χ1n) is 7.17. The van der Waals surface area contributed by atoms with E-state index in [1.54, 1.807) is 11.8 Å². The summed E-state index contributed by atoms with van der Waals surface area (Å²) in [6.07, 6.45) is 0. The first-order valence-corrected chi connectivity index (χ1v) is 10.2. The predicted octanol–water partition coefficient (Wildman–Crippen LogP) is 4.21. The fourth-order valence-electron chi connectivity index (χ4n) is 2.19. The molecule has 1 aromatic heterocycles. The summed E-state index contributed by atoms with van der Waals surface area (Å²) in [4.78, 5) is 16.8.